The largest absolute Gasteiger partial charge is 0.314 e. The second-order valence-electron chi connectivity index (χ2n) is 5.56. The van der Waals surface area contributed by atoms with Crippen molar-refractivity contribution in [2.45, 2.75) is 72.0 Å². The van der Waals surface area contributed by atoms with Crippen molar-refractivity contribution >= 4 is 0 Å². The summed E-state index contributed by atoms with van der Waals surface area (Å²) in [6, 6.07) is 2.21. The summed E-state index contributed by atoms with van der Waals surface area (Å²) >= 11 is 0. The molecule has 0 aromatic carbocycles. The van der Waals surface area contributed by atoms with Crippen molar-refractivity contribution in [2.75, 3.05) is 13.1 Å². The van der Waals surface area contributed by atoms with Crippen LogP contribution in [0, 0.1) is 5.92 Å². The van der Waals surface area contributed by atoms with Gasteiger partial charge in [-0.1, -0.05) is 27.7 Å². The average molecular weight is 226 g/mol. The molecule has 1 aliphatic rings. The zero-order valence-electron chi connectivity index (χ0n) is 11.8. The van der Waals surface area contributed by atoms with Gasteiger partial charge >= 0.3 is 0 Å². The quantitative estimate of drug-likeness (QED) is 0.718. The SMILES string of the molecule is CCC(C)N(CC)C1CCC1CNC(C)C. The summed E-state index contributed by atoms with van der Waals surface area (Å²) in [5, 5.41) is 3.59. The fourth-order valence-electron chi connectivity index (χ4n) is 2.72. The molecule has 3 unspecified atom stereocenters. The maximum atomic E-state index is 3.59. The molecule has 1 fully saturated rings. The van der Waals surface area contributed by atoms with E-state index in [0.717, 1.165) is 18.0 Å². The van der Waals surface area contributed by atoms with Crippen LogP contribution in [0.15, 0.2) is 0 Å². The predicted octanol–water partition coefficient (Wildman–Crippen LogP) is 2.88. The Labute approximate surface area is 102 Å². The van der Waals surface area contributed by atoms with E-state index in [1.807, 2.05) is 0 Å². The fraction of sp³-hybridized carbons (Fsp3) is 1.00. The number of nitrogens with one attached hydrogen (secondary N) is 1. The minimum Gasteiger partial charge on any atom is -0.314 e. The molecule has 0 spiro atoms. The number of rotatable bonds is 7. The Morgan fingerprint density at radius 2 is 1.88 bits per heavy atom. The van der Waals surface area contributed by atoms with Gasteiger partial charge in [-0.2, -0.15) is 0 Å². The molecule has 2 nitrogen and oxygen atoms in total. The van der Waals surface area contributed by atoms with Gasteiger partial charge in [0.2, 0.25) is 0 Å². The van der Waals surface area contributed by atoms with Gasteiger partial charge in [-0.05, 0) is 45.2 Å². The van der Waals surface area contributed by atoms with Crippen LogP contribution in [0.25, 0.3) is 0 Å². The third-order valence-electron chi connectivity index (χ3n) is 4.11. The van der Waals surface area contributed by atoms with Gasteiger partial charge in [0.15, 0.2) is 0 Å². The summed E-state index contributed by atoms with van der Waals surface area (Å²) in [4.78, 5) is 2.70. The standard InChI is InChI=1S/C14H30N2/c1-6-12(5)16(7-2)14-9-8-13(14)10-15-11(3)4/h11-15H,6-10H2,1-5H3. The van der Waals surface area contributed by atoms with E-state index in [0.29, 0.717) is 6.04 Å². The van der Waals surface area contributed by atoms with Crippen LogP contribution < -0.4 is 5.32 Å². The summed E-state index contributed by atoms with van der Waals surface area (Å²) < 4.78 is 0. The van der Waals surface area contributed by atoms with E-state index in [1.54, 1.807) is 0 Å². The molecule has 0 amide bonds. The van der Waals surface area contributed by atoms with Crippen LogP contribution in [0.4, 0.5) is 0 Å². The minimum atomic E-state index is 0.625. The summed E-state index contributed by atoms with van der Waals surface area (Å²) in [5.74, 6) is 0.886. The van der Waals surface area contributed by atoms with Gasteiger partial charge in [-0.25, -0.2) is 0 Å². The van der Waals surface area contributed by atoms with E-state index in [4.69, 9.17) is 0 Å². The Balaban J connectivity index is 2.40. The van der Waals surface area contributed by atoms with Crippen molar-refractivity contribution in [3.63, 3.8) is 0 Å². The van der Waals surface area contributed by atoms with Crippen LogP contribution in [-0.4, -0.2) is 36.1 Å². The molecule has 1 saturated carbocycles. The van der Waals surface area contributed by atoms with Crippen molar-refractivity contribution in [3.8, 4) is 0 Å². The lowest BCUT2D eigenvalue weighted by atomic mass is 9.77. The average Bonchev–Trinajstić information content (AvgIpc) is 2.22. The first-order chi connectivity index (χ1) is 7.60. The van der Waals surface area contributed by atoms with Crippen molar-refractivity contribution in [1.29, 1.82) is 0 Å². The highest BCUT2D eigenvalue weighted by atomic mass is 15.2. The molecular formula is C14H30N2. The molecule has 0 saturated heterocycles. The lowest BCUT2D eigenvalue weighted by molar-refractivity contribution is 0.0348. The predicted molar refractivity (Wildman–Crippen MR) is 71.8 cm³/mol. The van der Waals surface area contributed by atoms with Crippen molar-refractivity contribution in [3.05, 3.63) is 0 Å². The molecule has 0 radical (unpaired) electrons. The van der Waals surface area contributed by atoms with Gasteiger partial charge in [0.05, 0.1) is 0 Å². The molecule has 0 bridgehead atoms. The minimum absolute atomic E-state index is 0.625. The molecule has 1 aliphatic carbocycles. The maximum Gasteiger partial charge on any atom is 0.0138 e. The molecule has 1 N–H and O–H groups in total. The number of hydrogen-bond acceptors (Lipinski definition) is 2. The van der Waals surface area contributed by atoms with Crippen molar-refractivity contribution in [2.24, 2.45) is 5.92 Å². The summed E-state index contributed by atoms with van der Waals surface area (Å²) in [5.41, 5.74) is 0. The Kier molecular flexibility index (Phi) is 5.77. The van der Waals surface area contributed by atoms with E-state index in [2.05, 4.69) is 44.8 Å². The Hall–Kier alpha value is -0.0800. The lowest BCUT2D eigenvalue weighted by Crippen LogP contribution is -2.53. The molecule has 1 rings (SSSR count). The Morgan fingerprint density at radius 1 is 1.19 bits per heavy atom. The first-order valence-electron chi connectivity index (χ1n) is 7.09. The highest BCUT2D eigenvalue weighted by molar-refractivity contribution is 4.91. The van der Waals surface area contributed by atoms with Crippen LogP contribution in [0.3, 0.4) is 0 Å². The molecule has 2 heteroatoms. The van der Waals surface area contributed by atoms with Gasteiger partial charge in [-0.15, -0.1) is 0 Å². The third-order valence-corrected chi connectivity index (χ3v) is 4.11. The Bertz CT molecular complexity index is 191. The molecule has 0 heterocycles. The summed E-state index contributed by atoms with van der Waals surface area (Å²) in [6.07, 6.45) is 4.09. The molecule has 96 valence electrons. The van der Waals surface area contributed by atoms with E-state index in [-0.39, 0.29) is 0 Å². The molecular weight excluding hydrogens is 196 g/mol. The van der Waals surface area contributed by atoms with E-state index >= 15 is 0 Å². The first-order valence-corrected chi connectivity index (χ1v) is 7.09. The lowest BCUT2D eigenvalue weighted by Gasteiger charge is -2.47. The van der Waals surface area contributed by atoms with Crippen molar-refractivity contribution in [1.82, 2.24) is 10.2 Å². The van der Waals surface area contributed by atoms with Crippen molar-refractivity contribution < 1.29 is 0 Å². The van der Waals surface area contributed by atoms with Gasteiger partial charge in [0.25, 0.3) is 0 Å². The summed E-state index contributed by atoms with van der Waals surface area (Å²) in [6.45, 7) is 13.9. The van der Waals surface area contributed by atoms with E-state index < -0.39 is 0 Å². The zero-order chi connectivity index (χ0) is 12.1. The molecule has 3 atom stereocenters. The van der Waals surface area contributed by atoms with Crippen LogP contribution in [0.2, 0.25) is 0 Å². The van der Waals surface area contributed by atoms with Crippen LogP contribution in [0.5, 0.6) is 0 Å². The highest BCUT2D eigenvalue weighted by Gasteiger charge is 2.35. The van der Waals surface area contributed by atoms with Gasteiger partial charge < -0.3 is 5.32 Å². The zero-order valence-corrected chi connectivity index (χ0v) is 11.8. The second kappa shape index (κ2) is 6.61. The Morgan fingerprint density at radius 3 is 2.25 bits per heavy atom. The number of hydrogen-bond donors (Lipinski definition) is 1. The number of nitrogens with zero attached hydrogens (tertiary/aromatic N) is 1. The van der Waals surface area contributed by atoms with Gasteiger partial charge in [-0.3, -0.25) is 4.90 Å². The third kappa shape index (κ3) is 3.46. The van der Waals surface area contributed by atoms with Crippen LogP contribution in [-0.2, 0) is 0 Å². The molecule has 0 aliphatic heterocycles. The molecule has 0 aromatic heterocycles. The fourth-order valence-corrected chi connectivity index (χ4v) is 2.72. The van der Waals surface area contributed by atoms with Crippen LogP contribution in [0.1, 0.15) is 53.9 Å². The topological polar surface area (TPSA) is 15.3 Å². The second-order valence-corrected chi connectivity index (χ2v) is 5.56. The smallest absolute Gasteiger partial charge is 0.0138 e. The maximum absolute atomic E-state index is 3.59. The van der Waals surface area contributed by atoms with Gasteiger partial charge in [0, 0.05) is 18.1 Å². The summed E-state index contributed by atoms with van der Waals surface area (Å²) in [7, 11) is 0. The first kappa shape index (κ1) is 14.0. The van der Waals surface area contributed by atoms with E-state index in [9.17, 15) is 0 Å². The molecule has 0 aromatic rings. The normalized spacial score (nSPS) is 27.2. The van der Waals surface area contributed by atoms with Gasteiger partial charge in [0.1, 0.15) is 0 Å². The van der Waals surface area contributed by atoms with Crippen LogP contribution >= 0.6 is 0 Å². The highest BCUT2D eigenvalue weighted by Crippen LogP contribution is 2.33. The monoisotopic (exact) mass is 226 g/mol. The van der Waals surface area contributed by atoms with E-state index in [1.165, 1.54) is 32.4 Å². The molecule has 16 heavy (non-hydrogen) atoms.